The van der Waals surface area contributed by atoms with E-state index in [9.17, 15) is 0 Å². The molecule has 0 fully saturated rings. The fraction of sp³-hybridized carbons (Fsp3) is 0.188. The number of hydrogen-bond acceptors (Lipinski definition) is 1. The Kier molecular flexibility index (Phi) is 2.52. The van der Waals surface area contributed by atoms with Gasteiger partial charge in [0, 0.05) is 12.3 Å². The molecule has 3 rings (SSSR count). The second-order valence-electron chi connectivity index (χ2n) is 4.46. The molecule has 1 aliphatic rings. The highest BCUT2D eigenvalue weighted by Gasteiger charge is 2.11. The largest absolute Gasteiger partial charge is 0.289 e. The lowest BCUT2D eigenvalue weighted by Gasteiger charge is -2.15. The van der Waals surface area contributed by atoms with E-state index in [0.29, 0.717) is 0 Å². The average Bonchev–Trinajstić information content (AvgIpc) is 2.40. The standard InChI is InChI=1S/C16H15N/c1-12-16-11-15(13-5-3-2-4-6-13)8-7-14(16)9-10-17-12/h2-8,11H,9-10H2,1H3. The Bertz CT molecular complexity index is 567. The summed E-state index contributed by atoms with van der Waals surface area (Å²) < 4.78 is 0. The maximum absolute atomic E-state index is 4.52. The number of fused-ring (bicyclic) bond motifs is 1. The molecule has 0 unspecified atom stereocenters. The molecule has 0 spiro atoms. The van der Waals surface area contributed by atoms with E-state index in [0.717, 1.165) is 13.0 Å². The molecule has 0 aliphatic carbocycles. The van der Waals surface area contributed by atoms with Crippen molar-refractivity contribution in [2.75, 3.05) is 6.54 Å². The number of rotatable bonds is 1. The van der Waals surface area contributed by atoms with Crippen LogP contribution >= 0.6 is 0 Å². The molecule has 0 radical (unpaired) electrons. The highest BCUT2D eigenvalue weighted by atomic mass is 14.7. The van der Waals surface area contributed by atoms with Crippen LogP contribution in [0.4, 0.5) is 0 Å². The smallest absolute Gasteiger partial charge is 0.0433 e. The summed E-state index contributed by atoms with van der Waals surface area (Å²) in [5, 5.41) is 0. The summed E-state index contributed by atoms with van der Waals surface area (Å²) >= 11 is 0. The Morgan fingerprint density at radius 3 is 2.59 bits per heavy atom. The van der Waals surface area contributed by atoms with Gasteiger partial charge in [-0.15, -0.1) is 0 Å². The first-order chi connectivity index (χ1) is 8.34. The van der Waals surface area contributed by atoms with Crippen molar-refractivity contribution in [3.63, 3.8) is 0 Å². The van der Waals surface area contributed by atoms with Gasteiger partial charge in [-0.3, -0.25) is 4.99 Å². The highest BCUT2D eigenvalue weighted by molar-refractivity contribution is 6.01. The van der Waals surface area contributed by atoms with E-state index in [1.807, 2.05) is 0 Å². The molecule has 0 aromatic heterocycles. The molecule has 0 amide bonds. The third-order valence-electron chi connectivity index (χ3n) is 3.34. The number of aliphatic imine (C=N–C) groups is 1. The van der Waals surface area contributed by atoms with Gasteiger partial charge in [-0.1, -0.05) is 42.5 Å². The van der Waals surface area contributed by atoms with Gasteiger partial charge in [0.25, 0.3) is 0 Å². The zero-order valence-electron chi connectivity index (χ0n) is 9.98. The Morgan fingerprint density at radius 1 is 0.941 bits per heavy atom. The average molecular weight is 221 g/mol. The second kappa shape index (κ2) is 4.17. The fourth-order valence-corrected chi connectivity index (χ4v) is 2.37. The zero-order valence-corrected chi connectivity index (χ0v) is 9.98. The fourth-order valence-electron chi connectivity index (χ4n) is 2.37. The van der Waals surface area contributed by atoms with Crippen LogP contribution in [0.25, 0.3) is 11.1 Å². The second-order valence-corrected chi connectivity index (χ2v) is 4.46. The van der Waals surface area contributed by atoms with E-state index in [1.165, 1.54) is 28.0 Å². The quantitative estimate of drug-likeness (QED) is 0.696. The molecule has 0 bridgehead atoms. The molecule has 1 aliphatic heterocycles. The number of hydrogen-bond donors (Lipinski definition) is 0. The van der Waals surface area contributed by atoms with Gasteiger partial charge >= 0.3 is 0 Å². The molecule has 0 saturated heterocycles. The summed E-state index contributed by atoms with van der Waals surface area (Å²) in [6, 6.07) is 17.2. The van der Waals surface area contributed by atoms with E-state index in [4.69, 9.17) is 0 Å². The van der Waals surface area contributed by atoms with Crippen LogP contribution in [0.2, 0.25) is 0 Å². The van der Waals surface area contributed by atoms with Crippen molar-refractivity contribution < 1.29 is 0 Å². The summed E-state index contributed by atoms with van der Waals surface area (Å²) in [6.45, 7) is 3.04. The van der Waals surface area contributed by atoms with Crippen LogP contribution in [0, 0.1) is 0 Å². The van der Waals surface area contributed by atoms with Gasteiger partial charge in [-0.2, -0.15) is 0 Å². The first-order valence-electron chi connectivity index (χ1n) is 6.04. The van der Waals surface area contributed by atoms with Gasteiger partial charge in [-0.25, -0.2) is 0 Å². The molecule has 0 saturated carbocycles. The van der Waals surface area contributed by atoms with Crippen LogP contribution in [0.5, 0.6) is 0 Å². The predicted octanol–water partition coefficient (Wildman–Crippen LogP) is 3.72. The van der Waals surface area contributed by atoms with E-state index in [-0.39, 0.29) is 0 Å². The van der Waals surface area contributed by atoms with Crippen LogP contribution < -0.4 is 0 Å². The predicted molar refractivity (Wildman–Crippen MR) is 72.7 cm³/mol. The Balaban J connectivity index is 2.11. The molecule has 0 N–H and O–H groups in total. The minimum atomic E-state index is 0.934. The molecule has 1 heterocycles. The van der Waals surface area contributed by atoms with Crippen LogP contribution in [0.1, 0.15) is 18.1 Å². The molecule has 84 valence electrons. The Labute approximate surface area is 102 Å². The van der Waals surface area contributed by atoms with Crippen LogP contribution in [0.15, 0.2) is 53.5 Å². The molecule has 0 atom stereocenters. The van der Waals surface area contributed by atoms with Crippen LogP contribution in [-0.4, -0.2) is 12.3 Å². The van der Waals surface area contributed by atoms with Crippen molar-refractivity contribution in [3.05, 3.63) is 59.7 Å². The van der Waals surface area contributed by atoms with E-state index >= 15 is 0 Å². The van der Waals surface area contributed by atoms with E-state index in [1.54, 1.807) is 0 Å². The van der Waals surface area contributed by atoms with Crippen molar-refractivity contribution in [2.24, 2.45) is 4.99 Å². The highest BCUT2D eigenvalue weighted by Crippen LogP contribution is 2.24. The van der Waals surface area contributed by atoms with Crippen molar-refractivity contribution in [1.82, 2.24) is 0 Å². The Hall–Kier alpha value is -1.89. The minimum absolute atomic E-state index is 0.934. The van der Waals surface area contributed by atoms with Crippen LogP contribution in [0.3, 0.4) is 0 Å². The SMILES string of the molecule is CC1=NCCc2ccc(-c3ccccc3)cc21. The topological polar surface area (TPSA) is 12.4 Å². The van der Waals surface area contributed by atoms with Crippen molar-refractivity contribution in [2.45, 2.75) is 13.3 Å². The molecule has 1 nitrogen and oxygen atoms in total. The number of nitrogens with zero attached hydrogens (tertiary/aromatic N) is 1. The van der Waals surface area contributed by atoms with Crippen LogP contribution in [-0.2, 0) is 6.42 Å². The normalized spacial score (nSPS) is 14.1. The molecule has 2 aromatic rings. The third kappa shape index (κ3) is 1.89. The van der Waals surface area contributed by atoms with Crippen molar-refractivity contribution >= 4 is 5.71 Å². The molecule has 2 aromatic carbocycles. The maximum atomic E-state index is 4.52. The Morgan fingerprint density at radius 2 is 1.76 bits per heavy atom. The van der Waals surface area contributed by atoms with Gasteiger partial charge in [0.1, 0.15) is 0 Å². The van der Waals surface area contributed by atoms with Crippen molar-refractivity contribution in [3.8, 4) is 11.1 Å². The lowest BCUT2D eigenvalue weighted by atomic mass is 9.94. The summed E-state index contributed by atoms with van der Waals surface area (Å²) in [6.07, 6.45) is 1.07. The van der Waals surface area contributed by atoms with Gasteiger partial charge in [0.15, 0.2) is 0 Å². The van der Waals surface area contributed by atoms with E-state index in [2.05, 4.69) is 60.4 Å². The van der Waals surface area contributed by atoms with Gasteiger partial charge in [0.2, 0.25) is 0 Å². The summed E-state index contributed by atoms with van der Waals surface area (Å²) in [4.78, 5) is 4.52. The van der Waals surface area contributed by atoms with Gasteiger partial charge in [0.05, 0.1) is 0 Å². The van der Waals surface area contributed by atoms with Crippen molar-refractivity contribution in [1.29, 1.82) is 0 Å². The minimum Gasteiger partial charge on any atom is -0.289 e. The lowest BCUT2D eigenvalue weighted by molar-refractivity contribution is 0.942. The molecular formula is C16H15N. The van der Waals surface area contributed by atoms with Gasteiger partial charge in [-0.05, 0) is 41.7 Å². The first kappa shape index (κ1) is 10.3. The molecule has 1 heteroatoms. The molecular weight excluding hydrogens is 206 g/mol. The summed E-state index contributed by atoms with van der Waals surface area (Å²) in [7, 11) is 0. The maximum Gasteiger partial charge on any atom is 0.0433 e. The molecule has 17 heavy (non-hydrogen) atoms. The number of benzene rings is 2. The first-order valence-corrected chi connectivity index (χ1v) is 6.04. The zero-order chi connectivity index (χ0) is 11.7. The third-order valence-corrected chi connectivity index (χ3v) is 3.34. The summed E-state index contributed by atoms with van der Waals surface area (Å²) in [5.74, 6) is 0. The van der Waals surface area contributed by atoms with E-state index < -0.39 is 0 Å². The monoisotopic (exact) mass is 221 g/mol. The summed E-state index contributed by atoms with van der Waals surface area (Å²) in [5.41, 5.74) is 6.47. The lowest BCUT2D eigenvalue weighted by Crippen LogP contribution is -2.09. The van der Waals surface area contributed by atoms with Gasteiger partial charge < -0.3 is 0 Å².